The molecular formula is C23H26N6O2. The number of nitrogens with one attached hydrogen (secondary N) is 1. The van der Waals surface area contributed by atoms with E-state index in [4.69, 9.17) is 0 Å². The zero-order valence-electron chi connectivity index (χ0n) is 18.0. The first-order chi connectivity index (χ1) is 14.9. The van der Waals surface area contributed by atoms with Crippen LogP contribution >= 0.6 is 0 Å². The van der Waals surface area contributed by atoms with E-state index in [-0.39, 0.29) is 17.7 Å². The van der Waals surface area contributed by atoms with Crippen molar-refractivity contribution in [1.82, 2.24) is 24.9 Å². The Morgan fingerprint density at radius 1 is 1.10 bits per heavy atom. The molecule has 1 saturated heterocycles. The zero-order chi connectivity index (χ0) is 22.0. The molecule has 1 fully saturated rings. The van der Waals surface area contributed by atoms with Gasteiger partial charge in [0, 0.05) is 19.3 Å². The fourth-order valence-electron chi connectivity index (χ4n) is 3.83. The highest BCUT2D eigenvalue weighted by Gasteiger charge is 2.31. The van der Waals surface area contributed by atoms with E-state index in [1.807, 2.05) is 51.1 Å². The van der Waals surface area contributed by atoms with Gasteiger partial charge >= 0.3 is 0 Å². The molecule has 0 radical (unpaired) electrons. The molecule has 3 heterocycles. The highest BCUT2D eigenvalue weighted by Crippen LogP contribution is 2.21. The summed E-state index contributed by atoms with van der Waals surface area (Å²) in [5, 5.41) is 11.2. The molecule has 1 aromatic carbocycles. The number of hydrogen-bond acceptors (Lipinski definition) is 5. The van der Waals surface area contributed by atoms with E-state index < -0.39 is 0 Å². The van der Waals surface area contributed by atoms with Gasteiger partial charge in [-0.2, -0.15) is 0 Å². The van der Waals surface area contributed by atoms with Crippen molar-refractivity contribution in [3.63, 3.8) is 0 Å². The molecule has 1 unspecified atom stereocenters. The van der Waals surface area contributed by atoms with E-state index in [1.54, 1.807) is 21.8 Å². The van der Waals surface area contributed by atoms with Gasteiger partial charge in [-0.05, 0) is 62.9 Å². The van der Waals surface area contributed by atoms with Gasteiger partial charge < -0.3 is 10.2 Å². The third-order valence-electron chi connectivity index (χ3n) is 5.59. The largest absolute Gasteiger partial charge is 0.336 e. The average Bonchev–Trinajstić information content (AvgIpc) is 3.16. The minimum absolute atomic E-state index is 0.117. The molecule has 1 aliphatic heterocycles. The molecule has 160 valence electrons. The number of aryl methyl sites for hydroxylation is 2. The first-order valence-corrected chi connectivity index (χ1v) is 10.4. The number of benzene rings is 1. The number of anilines is 1. The molecule has 0 aliphatic carbocycles. The summed E-state index contributed by atoms with van der Waals surface area (Å²) in [6, 6.07) is 11.6. The van der Waals surface area contributed by atoms with E-state index >= 15 is 0 Å². The van der Waals surface area contributed by atoms with Crippen LogP contribution < -0.4 is 5.32 Å². The molecule has 1 aliphatic rings. The standard InChI is InChI=1S/C23H26N6O2/c1-15-6-4-8-19(12-15)29-17(3)21(26-27-29)23(31)28-11-5-7-18(14-28)22(30)25-20-10-9-16(2)13-24-20/h4,6,8-10,12-13,18H,5,7,11,14H2,1-3H3,(H,24,25,30). The summed E-state index contributed by atoms with van der Waals surface area (Å²) in [4.78, 5) is 31.8. The highest BCUT2D eigenvalue weighted by molar-refractivity contribution is 5.95. The highest BCUT2D eigenvalue weighted by atomic mass is 16.2. The average molecular weight is 419 g/mol. The van der Waals surface area contributed by atoms with Crippen molar-refractivity contribution in [2.24, 2.45) is 5.92 Å². The fraction of sp³-hybridized carbons (Fsp3) is 0.348. The summed E-state index contributed by atoms with van der Waals surface area (Å²) < 4.78 is 1.68. The van der Waals surface area contributed by atoms with E-state index in [1.165, 1.54) is 0 Å². The second-order valence-electron chi connectivity index (χ2n) is 8.07. The summed E-state index contributed by atoms with van der Waals surface area (Å²) in [5.74, 6) is -0.0692. The SMILES string of the molecule is Cc1ccc(NC(=O)C2CCCN(C(=O)c3nnn(-c4cccc(C)c4)c3C)C2)nc1. The number of amides is 2. The predicted molar refractivity (Wildman–Crippen MR) is 117 cm³/mol. The van der Waals surface area contributed by atoms with Crippen LogP contribution in [0.1, 0.15) is 40.2 Å². The van der Waals surface area contributed by atoms with Crippen molar-refractivity contribution in [3.05, 3.63) is 65.1 Å². The lowest BCUT2D eigenvalue weighted by Crippen LogP contribution is -2.44. The molecular weight excluding hydrogens is 392 g/mol. The Bertz CT molecular complexity index is 1110. The molecule has 8 heteroatoms. The molecule has 1 N–H and O–H groups in total. The molecule has 4 rings (SSSR count). The van der Waals surface area contributed by atoms with Crippen LogP contribution in [-0.2, 0) is 4.79 Å². The smallest absolute Gasteiger partial charge is 0.276 e. The first kappa shape index (κ1) is 20.7. The number of piperidine rings is 1. The van der Waals surface area contributed by atoms with Crippen LogP contribution in [0.25, 0.3) is 5.69 Å². The molecule has 8 nitrogen and oxygen atoms in total. The number of carbonyl (C=O) groups is 2. The van der Waals surface area contributed by atoms with Crippen LogP contribution in [0.5, 0.6) is 0 Å². The van der Waals surface area contributed by atoms with E-state index in [9.17, 15) is 9.59 Å². The van der Waals surface area contributed by atoms with Gasteiger partial charge in [-0.15, -0.1) is 5.10 Å². The first-order valence-electron chi connectivity index (χ1n) is 10.4. The fourth-order valence-corrected chi connectivity index (χ4v) is 3.83. The predicted octanol–water partition coefficient (Wildman–Crippen LogP) is 3.08. The van der Waals surface area contributed by atoms with E-state index in [0.29, 0.717) is 30.3 Å². The van der Waals surface area contributed by atoms with Crippen LogP contribution in [-0.4, -0.2) is 49.8 Å². The van der Waals surface area contributed by atoms with Crippen molar-refractivity contribution < 1.29 is 9.59 Å². The maximum atomic E-state index is 13.2. The lowest BCUT2D eigenvalue weighted by Gasteiger charge is -2.31. The van der Waals surface area contributed by atoms with Gasteiger partial charge in [0.05, 0.1) is 17.3 Å². The Morgan fingerprint density at radius 2 is 1.94 bits per heavy atom. The monoisotopic (exact) mass is 418 g/mol. The van der Waals surface area contributed by atoms with Crippen molar-refractivity contribution in [2.45, 2.75) is 33.6 Å². The molecule has 31 heavy (non-hydrogen) atoms. The molecule has 1 atom stereocenters. The summed E-state index contributed by atoms with van der Waals surface area (Å²) in [6.45, 7) is 6.75. The van der Waals surface area contributed by atoms with Crippen LogP contribution in [0, 0.1) is 26.7 Å². The van der Waals surface area contributed by atoms with Crippen molar-refractivity contribution >= 4 is 17.6 Å². The molecule has 2 aromatic heterocycles. The zero-order valence-corrected chi connectivity index (χ0v) is 18.0. The Hall–Kier alpha value is -3.55. The minimum atomic E-state index is -0.284. The van der Waals surface area contributed by atoms with Gasteiger partial charge in [-0.3, -0.25) is 9.59 Å². The van der Waals surface area contributed by atoms with Crippen molar-refractivity contribution in [2.75, 3.05) is 18.4 Å². The summed E-state index contributed by atoms with van der Waals surface area (Å²) in [7, 11) is 0. The summed E-state index contributed by atoms with van der Waals surface area (Å²) in [5.41, 5.74) is 4.01. The molecule has 0 bridgehead atoms. The Morgan fingerprint density at radius 3 is 2.68 bits per heavy atom. The molecule has 0 saturated carbocycles. The molecule has 3 aromatic rings. The maximum Gasteiger partial charge on any atom is 0.276 e. The van der Waals surface area contributed by atoms with Gasteiger partial charge in [0.25, 0.3) is 5.91 Å². The topological polar surface area (TPSA) is 93.0 Å². The van der Waals surface area contributed by atoms with Gasteiger partial charge in [0.2, 0.25) is 5.91 Å². The number of nitrogens with zero attached hydrogens (tertiary/aromatic N) is 5. The number of likely N-dealkylation sites (tertiary alicyclic amines) is 1. The van der Waals surface area contributed by atoms with Gasteiger partial charge in [0.15, 0.2) is 5.69 Å². The number of carbonyl (C=O) groups excluding carboxylic acids is 2. The lowest BCUT2D eigenvalue weighted by molar-refractivity contribution is -0.121. The Kier molecular flexibility index (Phi) is 5.79. The Labute approximate surface area is 181 Å². The molecule has 0 spiro atoms. The quantitative estimate of drug-likeness (QED) is 0.703. The van der Waals surface area contributed by atoms with E-state index in [2.05, 4.69) is 20.6 Å². The second-order valence-corrected chi connectivity index (χ2v) is 8.07. The number of pyridine rings is 1. The summed E-state index contributed by atoms with van der Waals surface area (Å²) in [6.07, 6.45) is 3.21. The molecule has 2 amide bonds. The third kappa shape index (κ3) is 4.47. The van der Waals surface area contributed by atoms with Crippen molar-refractivity contribution in [1.29, 1.82) is 0 Å². The normalized spacial score (nSPS) is 16.2. The van der Waals surface area contributed by atoms with Gasteiger partial charge in [-0.1, -0.05) is 23.4 Å². The van der Waals surface area contributed by atoms with Crippen LogP contribution in [0.3, 0.4) is 0 Å². The second kappa shape index (κ2) is 8.67. The third-order valence-corrected chi connectivity index (χ3v) is 5.59. The van der Waals surface area contributed by atoms with Crippen LogP contribution in [0.2, 0.25) is 0 Å². The van der Waals surface area contributed by atoms with Crippen LogP contribution in [0.15, 0.2) is 42.6 Å². The number of rotatable bonds is 4. The maximum absolute atomic E-state index is 13.2. The number of hydrogen-bond donors (Lipinski definition) is 1. The van der Waals surface area contributed by atoms with Gasteiger partial charge in [0.1, 0.15) is 5.82 Å². The van der Waals surface area contributed by atoms with E-state index in [0.717, 1.165) is 29.7 Å². The summed E-state index contributed by atoms with van der Waals surface area (Å²) >= 11 is 0. The minimum Gasteiger partial charge on any atom is -0.336 e. The Balaban J connectivity index is 1.46. The van der Waals surface area contributed by atoms with Crippen molar-refractivity contribution in [3.8, 4) is 5.69 Å². The number of aromatic nitrogens is 4. The lowest BCUT2D eigenvalue weighted by atomic mass is 9.96. The van der Waals surface area contributed by atoms with Gasteiger partial charge in [-0.25, -0.2) is 9.67 Å². The van der Waals surface area contributed by atoms with Crippen LogP contribution in [0.4, 0.5) is 5.82 Å².